The van der Waals surface area contributed by atoms with E-state index >= 15 is 0 Å². The van der Waals surface area contributed by atoms with Crippen molar-refractivity contribution in [1.82, 2.24) is 15.2 Å². The standard InChI is InChI=1S/C19H21N3O/c1-14-3-6-16(7-4-14)19(2)9-10-22(13-19)12-15-5-8-17-18(11-15)21-23-20-17/h3-8,11H,9-10,12-13H2,1-2H3. The lowest BCUT2D eigenvalue weighted by atomic mass is 9.81. The third kappa shape index (κ3) is 2.75. The van der Waals surface area contributed by atoms with Crippen LogP contribution in [0.2, 0.25) is 0 Å². The molecule has 0 bridgehead atoms. The summed E-state index contributed by atoms with van der Waals surface area (Å²) >= 11 is 0. The second-order valence-electron chi connectivity index (χ2n) is 6.97. The predicted molar refractivity (Wildman–Crippen MR) is 90.2 cm³/mol. The summed E-state index contributed by atoms with van der Waals surface area (Å²) in [4.78, 5) is 2.52. The quantitative estimate of drug-likeness (QED) is 0.740. The zero-order valence-electron chi connectivity index (χ0n) is 13.6. The second-order valence-corrected chi connectivity index (χ2v) is 6.97. The number of rotatable bonds is 3. The maximum absolute atomic E-state index is 4.78. The average Bonchev–Trinajstić information content (AvgIpc) is 3.15. The summed E-state index contributed by atoms with van der Waals surface area (Å²) < 4.78 is 4.78. The van der Waals surface area contributed by atoms with Crippen molar-refractivity contribution < 1.29 is 4.63 Å². The number of nitrogens with zero attached hydrogens (tertiary/aromatic N) is 3. The maximum atomic E-state index is 4.78. The van der Waals surface area contributed by atoms with Crippen LogP contribution in [0.5, 0.6) is 0 Å². The molecule has 0 aliphatic carbocycles. The molecule has 1 aliphatic rings. The summed E-state index contributed by atoms with van der Waals surface area (Å²) in [5, 5.41) is 7.80. The van der Waals surface area contributed by atoms with E-state index in [1.165, 1.54) is 23.1 Å². The summed E-state index contributed by atoms with van der Waals surface area (Å²) in [7, 11) is 0. The summed E-state index contributed by atoms with van der Waals surface area (Å²) in [5.41, 5.74) is 5.93. The van der Waals surface area contributed by atoms with Crippen molar-refractivity contribution in [3.05, 3.63) is 59.2 Å². The number of hydrogen-bond donors (Lipinski definition) is 0. The van der Waals surface area contributed by atoms with Gasteiger partial charge in [-0.15, -0.1) is 0 Å². The predicted octanol–water partition coefficient (Wildman–Crippen LogP) is 3.69. The first-order valence-corrected chi connectivity index (χ1v) is 8.13. The molecule has 1 aromatic heterocycles. The summed E-state index contributed by atoms with van der Waals surface area (Å²) in [5.74, 6) is 0. The van der Waals surface area contributed by atoms with E-state index in [0.29, 0.717) is 0 Å². The van der Waals surface area contributed by atoms with Crippen molar-refractivity contribution in [2.45, 2.75) is 32.2 Å². The van der Waals surface area contributed by atoms with Gasteiger partial charge in [0.2, 0.25) is 0 Å². The molecule has 0 radical (unpaired) electrons. The van der Waals surface area contributed by atoms with Crippen LogP contribution in [0.4, 0.5) is 0 Å². The van der Waals surface area contributed by atoms with Crippen molar-refractivity contribution in [3.63, 3.8) is 0 Å². The Balaban J connectivity index is 1.50. The van der Waals surface area contributed by atoms with E-state index in [2.05, 4.69) is 65.5 Å². The topological polar surface area (TPSA) is 42.2 Å². The van der Waals surface area contributed by atoms with Crippen molar-refractivity contribution in [1.29, 1.82) is 0 Å². The number of hydrogen-bond acceptors (Lipinski definition) is 4. The lowest BCUT2D eigenvalue weighted by molar-refractivity contribution is 0.309. The largest absolute Gasteiger partial charge is 0.298 e. The second kappa shape index (κ2) is 5.46. The van der Waals surface area contributed by atoms with E-state index in [0.717, 1.165) is 30.7 Å². The van der Waals surface area contributed by atoms with Crippen LogP contribution >= 0.6 is 0 Å². The Kier molecular flexibility index (Phi) is 3.42. The van der Waals surface area contributed by atoms with Gasteiger partial charge in [-0.05, 0) is 53.5 Å². The molecule has 4 rings (SSSR count). The number of fused-ring (bicyclic) bond motifs is 1. The molecule has 1 fully saturated rings. The van der Waals surface area contributed by atoms with Crippen LogP contribution in [0.3, 0.4) is 0 Å². The van der Waals surface area contributed by atoms with E-state index in [1.54, 1.807) is 0 Å². The third-order valence-electron chi connectivity index (χ3n) is 5.03. The van der Waals surface area contributed by atoms with Gasteiger partial charge < -0.3 is 0 Å². The maximum Gasteiger partial charge on any atom is 0.135 e. The van der Waals surface area contributed by atoms with Crippen LogP contribution in [0.15, 0.2) is 47.1 Å². The van der Waals surface area contributed by atoms with Gasteiger partial charge >= 0.3 is 0 Å². The Morgan fingerprint density at radius 2 is 1.87 bits per heavy atom. The minimum Gasteiger partial charge on any atom is -0.298 e. The molecule has 1 aliphatic heterocycles. The first kappa shape index (κ1) is 14.4. The van der Waals surface area contributed by atoms with Gasteiger partial charge in [0.1, 0.15) is 11.0 Å². The highest BCUT2D eigenvalue weighted by atomic mass is 16.6. The van der Waals surface area contributed by atoms with E-state index in [9.17, 15) is 0 Å². The first-order valence-electron chi connectivity index (χ1n) is 8.13. The normalized spacial score (nSPS) is 22.0. The highest BCUT2D eigenvalue weighted by molar-refractivity contribution is 5.73. The number of aromatic nitrogens is 2. The van der Waals surface area contributed by atoms with Crippen LogP contribution in [0.1, 0.15) is 30.0 Å². The summed E-state index contributed by atoms with van der Waals surface area (Å²) in [6, 6.07) is 15.2. The molecule has 118 valence electrons. The van der Waals surface area contributed by atoms with Gasteiger partial charge in [-0.3, -0.25) is 4.90 Å². The van der Waals surface area contributed by atoms with Gasteiger partial charge in [-0.1, -0.05) is 42.8 Å². The lowest BCUT2D eigenvalue weighted by Gasteiger charge is -2.25. The third-order valence-corrected chi connectivity index (χ3v) is 5.03. The molecule has 0 saturated carbocycles. The van der Waals surface area contributed by atoms with Crippen LogP contribution in [0.25, 0.3) is 11.0 Å². The highest BCUT2D eigenvalue weighted by Gasteiger charge is 2.35. The van der Waals surface area contributed by atoms with Crippen LogP contribution in [0, 0.1) is 6.92 Å². The van der Waals surface area contributed by atoms with Crippen LogP contribution in [-0.2, 0) is 12.0 Å². The smallest absolute Gasteiger partial charge is 0.135 e. The molecule has 4 heteroatoms. The van der Waals surface area contributed by atoms with Gasteiger partial charge in [-0.25, -0.2) is 4.63 Å². The van der Waals surface area contributed by atoms with E-state index < -0.39 is 0 Å². The molecule has 0 spiro atoms. The molecule has 1 atom stereocenters. The molecule has 1 saturated heterocycles. The van der Waals surface area contributed by atoms with E-state index in [-0.39, 0.29) is 5.41 Å². The minimum atomic E-state index is 0.243. The van der Waals surface area contributed by atoms with Crippen LogP contribution in [-0.4, -0.2) is 28.3 Å². The van der Waals surface area contributed by atoms with Crippen molar-refractivity contribution in [3.8, 4) is 0 Å². The molecule has 3 aromatic rings. The molecule has 0 amide bonds. The molecule has 4 nitrogen and oxygen atoms in total. The van der Waals surface area contributed by atoms with Crippen LogP contribution < -0.4 is 0 Å². The van der Waals surface area contributed by atoms with Gasteiger partial charge in [0.25, 0.3) is 0 Å². The first-order chi connectivity index (χ1) is 11.1. The fourth-order valence-electron chi connectivity index (χ4n) is 3.57. The van der Waals surface area contributed by atoms with Crippen molar-refractivity contribution in [2.75, 3.05) is 13.1 Å². The minimum absolute atomic E-state index is 0.243. The Morgan fingerprint density at radius 3 is 2.70 bits per heavy atom. The lowest BCUT2D eigenvalue weighted by Crippen LogP contribution is -2.28. The Hall–Kier alpha value is -2.20. The Bertz CT molecular complexity index is 824. The molecular weight excluding hydrogens is 286 g/mol. The molecule has 0 N–H and O–H groups in total. The number of aryl methyl sites for hydroxylation is 1. The molecule has 1 unspecified atom stereocenters. The monoisotopic (exact) mass is 307 g/mol. The fraction of sp³-hybridized carbons (Fsp3) is 0.368. The molecule has 2 heterocycles. The van der Waals surface area contributed by atoms with Gasteiger partial charge in [0.15, 0.2) is 0 Å². The molecular formula is C19H21N3O. The SMILES string of the molecule is Cc1ccc(C2(C)CCN(Cc3ccc4nonc4c3)C2)cc1. The van der Waals surface area contributed by atoms with Crippen molar-refractivity contribution in [2.24, 2.45) is 0 Å². The van der Waals surface area contributed by atoms with Gasteiger partial charge in [0.05, 0.1) is 0 Å². The molecule has 23 heavy (non-hydrogen) atoms. The Labute approximate surface area is 136 Å². The fourth-order valence-corrected chi connectivity index (χ4v) is 3.57. The number of likely N-dealkylation sites (tertiary alicyclic amines) is 1. The number of benzene rings is 2. The summed E-state index contributed by atoms with van der Waals surface area (Å²) in [6.07, 6.45) is 1.20. The zero-order valence-corrected chi connectivity index (χ0v) is 13.6. The van der Waals surface area contributed by atoms with Gasteiger partial charge in [-0.2, -0.15) is 0 Å². The van der Waals surface area contributed by atoms with Gasteiger partial charge in [0, 0.05) is 18.5 Å². The Morgan fingerprint density at radius 1 is 1.09 bits per heavy atom. The summed E-state index contributed by atoms with van der Waals surface area (Å²) in [6.45, 7) is 7.68. The van der Waals surface area contributed by atoms with E-state index in [4.69, 9.17) is 4.63 Å². The van der Waals surface area contributed by atoms with E-state index in [1.807, 2.05) is 6.07 Å². The van der Waals surface area contributed by atoms with Crippen molar-refractivity contribution >= 4 is 11.0 Å². The average molecular weight is 307 g/mol. The highest BCUT2D eigenvalue weighted by Crippen LogP contribution is 2.35. The zero-order chi connectivity index (χ0) is 15.9. The molecule has 2 aromatic carbocycles.